The van der Waals surface area contributed by atoms with Crippen molar-refractivity contribution < 1.29 is 34.1 Å². The molecule has 2 spiro atoms. The van der Waals surface area contributed by atoms with Gasteiger partial charge in [-0.1, -0.05) is 33.8 Å². The molecule has 4 saturated carbocycles. The molecule has 1 unspecified atom stereocenters. The summed E-state index contributed by atoms with van der Waals surface area (Å²) in [6.07, 6.45) is 6.88. The average molecular weight is 734 g/mol. The molecule has 3 aromatic rings. The maximum Gasteiger partial charge on any atom is 0.417 e. The molecule has 5 fully saturated rings. The van der Waals surface area contributed by atoms with E-state index in [1.54, 1.807) is 24.3 Å². The molecule has 10 nitrogen and oxygen atoms in total. The molecule has 54 heavy (non-hydrogen) atoms. The third-order valence-corrected chi connectivity index (χ3v) is 15.0. The van der Waals surface area contributed by atoms with Crippen molar-refractivity contribution >= 4 is 29.3 Å². The molecule has 2 amide bonds. The van der Waals surface area contributed by atoms with E-state index in [0.29, 0.717) is 34.5 Å². The van der Waals surface area contributed by atoms with Gasteiger partial charge < -0.3 is 25.0 Å². The summed E-state index contributed by atoms with van der Waals surface area (Å²) < 4.78 is 13.4. The van der Waals surface area contributed by atoms with Gasteiger partial charge >= 0.3 is 12.1 Å². The smallest absolute Gasteiger partial charge is 0.417 e. The van der Waals surface area contributed by atoms with Gasteiger partial charge in [-0.15, -0.1) is 0 Å². The third-order valence-electron chi connectivity index (χ3n) is 15.0. The van der Waals surface area contributed by atoms with Gasteiger partial charge in [-0.2, -0.15) is 0 Å². The normalized spacial score (nSPS) is 31.5. The zero-order chi connectivity index (χ0) is 38.0. The molecule has 3 aromatic carbocycles. The minimum Gasteiger partial charge on any atom is -0.485 e. The molecular formula is C44H51N3O7. The zero-order valence-corrected chi connectivity index (χ0v) is 31.8. The zero-order valence-electron chi connectivity index (χ0n) is 31.8. The number of nitrogens with one attached hydrogen (secondary N) is 2. The van der Waals surface area contributed by atoms with Crippen LogP contribution in [0.25, 0.3) is 0 Å². The maximum atomic E-state index is 13.5. The molecule has 4 bridgehead atoms. The number of ether oxygens (including phenoxy) is 2. The molecular weight excluding hydrogens is 682 g/mol. The molecule has 10 heteroatoms. The van der Waals surface area contributed by atoms with Gasteiger partial charge in [-0.05, 0) is 136 Å². The quantitative estimate of drug-likeness (QED) is 0.184. The Morgan fingerprint density at radius 3 is 2.22 bits per heavy atom. The van der Waals surface area contributed by atoms with Gasteiger partial charge in [0.2, 0.25) is 0 Å². The number of hydrogen-bond acceptors (Lipinski definition) is 7. The second kappa shape index (κ2) is 11.8. The molecule has 284 valence electrons. The summed E-state index contributed by atoms with van der Waals surface area (Å²) in [6, 6.07) is 16.8. The Bertz CT molecular complexity index is 2050. The first kappa shape index (κ1) is 35.3. The van der Waals surface area contributed by atoms with Crippen LogP contribution in [0.4, 0.5) is 16.2 Å². The first-order valence-electron chi connectivity index (χ1n) is 19.6. The first-order chi connectivity index (χ1) is 25.6. The number of aromatic carboxylic acids is 1. The molecule has 7 atom stereocenters. The number of hydrogen-bond donors (Lipinski definition) is 4. The van der Waals surface area contributed by atoms with Crippen LogP contribution >= 0.6 is 0 Å². The van der Waals surface area contributed by atoms with E-state index in [9.17, 15) is 19.5 Å². The van der Waals surface area contributed by atoms with Crippen molar-refractivity contribution in [1.29, 1.82) is 0 Å². The Morgan fingerprint density at radius 1 is 0.907 bits per heavy atom. The van der Waals surface area contributed by atoms with E-state index in [0.717, 1.165) is 51.1 Å². The number of rotatable bonds is 8. The minimum absolute atomic E-state index is 0.0441. The second-order valence-corrected chi connectivity index (χ2v) is 18.5. The Kier molecular flexibility index (Phi) is 7.71. The van der Waals surface area contributed by atoms with Gasteiger partial charge in [0.05, 0.1) is 11.2 Å². The topological polar surface area (TPSA) is 137 Å². The lowest BCUT2D eigenvalue weighted by Crippen LogP contribution is -2.80. The Balaban J connectivity index is 0.990. The molecule has 7 aliphatic rings. The van der Waals surface area contributed by atoms with Gasteiger partial charge in [0.25, 0.3) is 5.91 Å². The van der Waals surface area contributed by atoms with Gasteiger partial charge in [-0.3, -0.25) is 15.0 Å². The van der Waals surface area contributed by atoms with Crippen LogP contribution in [0.5, 0.6) is 11.5 Å². The first-order valence-corrected chi connectivity index (χ1v) is 19.6. The number of fused-ring (bicyclic) bond motifs is 2. The van der Waals surface area contributed by atoms with E-state index in [1.807, 2.05) is 6.07 Å². The number of nitrogens with zero attached hydrogens (tertiary/aromatic N) is 1. The lowest BCUT2D eigenvalue weighted by atomic mass is 9.31. The molecule has 0 aromatic heterocycles. The van der Waals surface area contributed by atoms with Crippen molar-refractivity contribution in [2.75, 3.05) is 23.7 Å². The third kappa shape index (κ3) is 5.01. The number of benzene rings is 3. The van der Waals surface area contributed by atoms with E-state index in [1.165, 1.54) is 48.2 Å². The van der Waals surface area contributed by atoms with E-state index in [2.05, 4.69) is 56.2 Å². The van der Waals surface area contributed by atoms with Crippen LogP contribution in [0.2, 0.25) is 0 Å². The summed E-state index contributed by atoms with van der Waals surface area (Å²) in [5.41, 5.74) is 2.24. The minimum atomic E-state index is -1.04. The Morgan fingerprint density at radius 2 is 1.57 bits per heavy atom. The molecule has 2 aliphatic heterocycles. The van der Waals surface area contributed by atoms with E-state index >= 15 is 0 Å². The molecule has 10 rings (SSSR count). The van der Waals surface area contributed by atoms with Crippen molar-refractivity contribution in [2.45, 2.75) is 103 Å². The fourth-order valence-corrected chi connectivity index (χ4v) is 11.6. The fraction of sp³-hybridized carbons (Fsp3) is 0.523. The highest BCUT2D eigenvalue weighted by Crippen LogP contribution is 2.79. The molecule has 5 aliphatic carbocycles. The largest absolute Gasteiger partial charge is 0.485 e. The summed E-state index contributed by atoms with van der Waals surface area (Å²) in [6.45, 7) is 13.1. The standard InChI is InChI=1S/C44H51N3O7/c1-40(2,3)42(5,52)32-23-43-19-18-41(32,4)38-44(43)20-21-47(24-25-6-7-25)33(43)22-28-12-17-31(35(54-38)34(28)44)53-39(51)46-30-13-8-26(9-14-30)36(48)45-29-15-10-27(11-16-29)37(49)50/h8-17,25,32-33,38,52H,6-7,18-24H2,1-5H3,(H,45,48)(H,46,51)(H,49,50)/t32-,33+,38-,41+,42?,43+,44-/m0/s1. The summed E-state index contributed by atoms with van der Waals surface area (Å²) in [4.78, 5) is 40.3. The highest BCUT2D eigenvalue weighted by molar-refractivity contribution is 6.04. The summed E-state index contributed by atoms with van der Waals surface area (Å²) >= 11 is 0. The lowest BCUT2D eigenvalue weighted by molar-refractivity contribution is -0.276. The fourth-order valence-electron chi connectivity index (χ4n) is 11.6. The van der Waals surface area contributed by atoms with E-state index in [4.69, 9.17) is 14.6 Å². The molecule has 1 saturated heterocycles. The monoisotopic (exact) mass is 733 g/mol. The van der Waals surface area contributed by atoms with Gasteiger partial charge in [0.1, 0.15) is 6.10 Å². The second-order valence-electron chi connectivity index (χ2n) is 18.5. The van der Waals surface area contributed by atoms with Crippen molar-refractivity contribution in [3.63, 3.8) is 0 Å². The van der Waals surface area contributed by atoms with Crippen LogP contribution in [-0.2, 0) is 11.8 Å². The number of carbonyl (C=O) groups excluding carboxylic acids is 2. The number of amides is 2. The predicted molar refractivity (Wildman–Crippen MR) is 204 cm³/mol. The Hall–Kier alpha value is -4.41. The molecule has 4 N–H and O–H groups in total. The van der Waals surface area contributed by atoms with Gasteiger partial charge in [0.15, 0.2) is 11.5 Å². The average Bonchev–Trinajstić information content (AvgIpc) is 3.87. The van der Waals surface area contributed by atoms with Crippen LogP contribution in [0, 0.1) is 28.1 Å². The SMILES string of the molecule is CC(C)(C)C(C)(O)[C@H]1C[C@@]23CC[C@@]1(C)[C@@H]1Oc4c(OC(=O)Nc5ccc(C(=O)Nc6ccc(C(=O)O)cc6)cc5)ccc5c4[C@@]12CCN(CC1CC1)[C@@H]3C5. The summed E-state index contributed by atoms with van der Waals surface area (Å²) in [5, 5.41) is 27.2. The number of carboxylic acid groups (broad SMARTS) is 1. The predicted octanol–water partition coefficient (Wildman–Crippen LogP) is 7.89. The number of aliphatic hydroxyl groups is 1. The number of carboxylic acids is 1. The number of carbonyl (C=O) groups is 3. The van der Waals surface area contributed by atoms with Crippen LogP contribution in [0.15, 0.2) is 60.7 Å². The van der Waals surface area contributed by atoms with E-state index < -0.39 is 17.7 Å². The number of piperidine rings is 1. The van der Waals surface area contributed by atoms with Crippen LogP contribution in [-0.4, -0.2) is 63.9 Å². The van der Waals surface area contributed by atoms with Crippen molar-refractivity contribution in [3.05, 3.63) is 82.9 Å². The summed E-state index contributed by atoms with van der Waals surface area (Å²) in [7, 11) is 0. The molecule has 0 radical (unpaired) electrons. The van der Waals surface area contributed by atoms with Crippen molar-refractivity contribution in [1.82, 2.24) is 4.90 Å². The number of likely N-dealkylation sites (tertiary alicyclic amines) is 1. The maximum absolute atomic E-state index is 13.5. The molecule has 2 heterocycles. The van der Waals surface area contributed by atoms with E-state index in [-0.39, 0.29) is 45.2 Å². The lowest BCUT2D eigenvalue weighted by Gasteiger charge is -2.75. The summed E-state index contributed by atoms with van der Waals surface area (Å²) in [5.74, 6) is 0.542. The highest BCUT2D eigenvalue weighted by Gasteiger charge is 2.80. The van der Waals surface area contributed by atoms with Gasteiger partial charge in [-0.25, -0.2) is 9.59 Å². The van der Waals surface area contributed by atoms with Crippen molar-refractivity contribution in [3.8, 4) is 11.5 Å². The van der Waals surface area contributed by atoms with Crippen molar-refractivity contribution in [2.24, 2.45) is 28.1 Å². The van der Waals surface area contributed by atoms with Crippen LogP contribution < -0.4 is 20.1 Å². The Labute approximate surface area is 316 Å². The van der Waals surface area contributed by atoms with Crippen LogP contribution in [0.3, 0.4) is 0 Å². The van der Waals surface area contributed by atoms with Gasteiger partial charge in [0, 0.05) is 51.3 Å². The highest BCUT2D eigenvalue weighted by atomic mass is 16.6. The van der Waals surface area contributed by atoms with Crippen LogP contribution in [0.1, 0.15) is 105 Å². The number of anilines is 2.